The van der Waals surface area contributed by atoms with Crippen molar-refractivity contribution in [1.29, 1.82) is 0 Å². The summed E-state index contributed by atoms with van der Waals surface area (Å²) in [5, 5.41) is 9.07. The van der Waals surface area contributed by atoms with E-state index in [1.807, 2.05) is 6.07 Å². The number of allylic oxidation sites excluding steroid dienone is 1. The van der Waals surface area contributed by atoms with Gasteiger partial charge in [-0.2, -0.15) is 0 Å². The van der Waals surface area contributed by atoms with Gasteiger partial charge in [-0.15, -0.1) is 0 Å². The molecule has 0 spiro atoms. The second-order valence-electron chi connectivity index (χ2n) is 4.94. The predicted molar refractivity (Wildman–Crippen MR) is 75.3 cm³/mol. The fraction of sp³-hybridized carbons (Fsp3) is 0.188. The van der Waals surface area contributed by atoms with Gasteiger partial charge in [0.25, 0.3) is 0 Å². The lowest BCUT2D eigenvalue weighted by atomic mass is 9.88. The van der Waals surface area contributed by atoms with Crippen LogP contribution < -0.4 is 0 Å². The Balaban J connectivity index is 2.03. The van der Waals surface area contributed by atoms with Crippen molar-refractivity contribution in [3.63, 3.8) is 0 Å². The van der Waals surface area contributed by atoms with Crippen molar-refractivity contribution in [3.8, 4) is 0 Å². The summed E-state index contributed by atoms with van der Waals surface area (Å²) in [5.41, 5.74) is 2.30. The van der Waals surface area contributed by atoms with Gasteiger partial charge in [0.15, 0.2) is 5.78 Å². The lowest BCUT2D eigenvalue weighted by molar-refractivity contribution is 0.0659. The number of fused-ring (bicyclic) bond motifs is 1. The largest absolute Gasteiger partial charge is 0.475 e. The first-order valence-corrected chi connectivity index (χ1v) is 6.58. The average Bonchev–Trinajstić information content (AvgIpc) is 2.81. The second-order valence-corrected chi connectivity index (χ2v) is 4.94. The number of aromatic nitrogens is 1. The summed E-state index contributed by atoms with van der Waals surface area (Å²) >= 11 is 0. The van der Waals surface area contributed by atoms with Gasteiger partial charge in [0.05, 0.1) is 5.56 Å². The zero-order chi connectivity index (χ0) is 15.0. The van der Waals surface area contributed by atoms with Gasteiger partial charge < -0.3 is 9.52 Å². The minimum absolute atomic E-state index is 0.143. The molecular weight excluding hydrogens is 270 g/mol. The van der Waals surface area contributed by atoms with Crippen LogP contribution in [0.2, 0.25) is 0 Å². The summed E-state index contributed by atoms with van der Waals surface area (Å²) in [6, 6.07) is 3.67. The third-order valence-electron chi connectivity index (χ3n) is 3.58. The molecule has 0 atom stereocenters. The molecule has 21 heavy (non-hydrogen) atoms. The number of hydrogen-bond acceptors (Lipinski definition) is 4. The number of rotatable bonds is 2. The molecule has 0 unspecified atom stereocenters. The Hall–Kier alpha value is -2.69. The van der Waals surface area contributed by atoms with E-state index >= 15 is 0 Å². The van der Waals surface area contributed by atoms with Gasteiger partial charge in [-0.25, -0.2) is 4.79 Å². The number of nitrogens with zero attached hydrogens (tertiary/aromatic N) is 1. The van der Waals surface area contributed by atoms with Gasteiger partial charge in [-0.05, 0) is 31.1 Å². The molecule has 2 aromatic rings. The van der Waals surface area contributed by atoms with Crippen LogP contribution >= 0.6 is 0 Å². The zero-order valence-corrected chi connectivity index (χ0v) is 11.4. The van der Waals surface area contributed by atoms with Crippen molar-refractivity contribution in [2.75, 3.05) is 0 Å². The number of carboxylic acid groups (broad SMARTS) is 1. The molecule has 1 aliphatic carbocycles. The standard InChI is InChI=1S/C16H13NO4/c1-9-13-12(21-15(9)16(19)20)5-4-11(14(13)18)7-10-3-2-6-17-8-10/h2-3,6-8H,4-5H2,1H3,(H,19,20)/b11-7+. The number of Topliss-reactive ketones (excluding diaryl/α,β-unsaturated/α-hetero) is 1. The lowest BCUT2D eigenvalue weighted by Gasteiger charge is -2.13. The van der Waals surface area contributed by atoms with E-state index in [-0.39, 0.29) is 11.5 Å². The Morgan fingerprint density at radius 1 is 1.43 bits per heavy atom. The summed E-state index contributed by atoms with van der Waals surface area (Å²) in [6.07, 6.45) is 6.21. The molecule has 3 rings (SSSR count). The minimum Gasteiger partial charge on any atom is -0.475 e. The normalized spacial score (nSPS) is 16.0. The van der Waals surface area contributed by atoms with E-state index in [2.05, 4.69) is 4.98 Å². The molecular formula is C16H13NO4. The number of carboxylic acids is 1. The van der Waals surface area contributed by atoms with Crippen LogP contribution in [0.1, 0.15) is 44.2 Å². The molecule has 5 heteroatoms. The monoisotopic (exact) mass is 283 g/mol. The molecule has 0 saturated carbocycles. The first-order chi connectivity index (χ1) is 10.1. The number of carbonyl (C=O) groups excluding carboxylic acids is 1. The molecule has 0 aliphatic heterocycles. The van der Waals surface area contributed by atoms with Crippen molar-refractivity contribution >= 4 is 17.8 Å². The number of aromatic carboxylic acids is 1. The molecule has 5 nitrogen and oxygen atoms in total. The predicted octanol–water partition coefficient (Wildman–Crippen LogP) is 2.89. The number of carbonyl (C=O) groups is 2. The summed E-state index contributed by atoms with van der Waals surface area (Å²) in [7, 11) is 0. The third kappa shape index (κ3) is 2.27. The van der Waals surface area contributed by atoms with E-state index in [9.17, 15) is 9.59 Å². The van der Waals surface area contributed by atoms with E-state index in [0.717, 1.165) is 5.56 Å². The molecule has 0 radical (unpaired) electrons. The third-order valence-corrected chi connectivity index (χ3v) is 3.58. The van der Waals surface area contributed by atoms with Crippen molar-refractivity contribution in [2.45, 2.75) is 19.8 Å². The van der Waals surface area contributed by atoms with E-state index in [1.165, 1.54) is 0 Å². The molecule has 0 bridgehead atoms. The number of hydrogen-bond donors (Lipinski definition) is 1. The van der Waals surface area contributed by atoms with Crippen LogP contribution in [-0.2, 0) is 6.42 Å². The van der Waals surface area contributed by atoms with Crippen LogP contribution in [0.25, 0.3) is 6.08 Å². The average molecular weight is 283 g/mol. The van der Waals surface area contributed by atoms with E-state index in [0.29, 0.717) is 35.3 Å². The summed E-state index contributed by atoms with van der Waals surface area (Å²) in [5.74, 6) is -0.976. The fourth-order valence-corrected chi connectivity index (χ4v) is 2.57. The highest BCUT2D eigenvalue weighted by Crippen LogP contribution is 2.32. The highest BCUT2D eigenvalue weighted by molar-refractivity contribution is 6.14. The van der Waals surface area contributed by atoms with Gasteiger partial charge in [-0.3, -0.25) is 9.78 Å². The maximum atomic E-state index is 12.5. The van der Waals surface area contributed by atoms with Crippen LogP contribution in [-0.4, -0.2) is 21.8 Å². The minimum atomic E-state index is -1.15. The van der Waals surface area contributed by atoms with Crippen LogP contribution in [0, 0.1) is 6.92 Å². The van der Waals surface area contributed by atoms with Gasteiger partial charge in [0.1, 0.15) is 5.76 Å². The van der Waals surface area contributed by atoms with Crippen LogP contribution in [0.4, 0.5) is 0 Å². The Bertz CT molecular complexity index is 756. The highest BCUT2D eigenvalue weighted by Gasteiger charge is 2.31. The number of ketones is 1. The van der Waals surface area contributed by atoms with Crippen molar-refractivity contribution in [1.82, 2.24) is 4.98 Å². The Morgan fingerprint density at radius 3 is 2.90 bits per heavy atom. The van der Waals surface area contributed by atoms with Gasteiger partial charge in [0, 0.05) is 30.0 Å². The van der Waals surface area contributed by atoms with Gasteiger partial charge in [-0.1, -0.05) is 6.07 Å². The maximum Gasteiger partial charge on any atom is 0.372 e. The van der Waals surface area contributed by atoms with Crippen LogP contribution in [0.5, 0.6) is 0 Å². The fourth-order valence-electron chi connectivity index (χ4n) is 2.57. The molecule has 0 saturated heterocycles. The summed E-state index contributed by atoms with van der Waals surface area (Å²) in [6.45, 7) is 1.61. The van der Waals surface area contributed by atoms with Crippen LogP contribution in [0.15, 0.2) is 34.5 Å². The van der Waals surface area contributed by atoms with Crippen molar-refractivity contribution in [3.05, 3.63) is 58.3 Å². The lowest BCUT2D eigenvalue weighted by Crippen LogP contribution is -2.13. The second kappa shape index (κ2) is 5.01. The first-order valence-electron chi connectivity index (χ1n) is 6.58. The summed E-state index contributed by atoms with van der Waals surface area (Å²) < 4.78 is 5.31. The number of furan rings is 1. The molecule has 1 N–H and O–H groups in total. The molecule has 0 amide bonds. The molecule has 0 fully saturated rings. The Kier molecular flexibility index (Phi) is 3.17. The van der Waals surface area contributed by atoms with Crippen molar-refractivity contribution < 1.29 is 19.1 Å². The first kappa shape index (κ1) is 13.3. The topological polar surface area (TPSA) is 80.4 Å². The van der Waals surface area contributed by atoms with Gasteiger partial charge >= 0.3 is 5.97 Å². The molecule has 2 aromatic heterocycles. The zero-order valence-electron chi connectivity index (χ0n) is 11.4. The molecule has 106 valence electrons. The van der Waals surface area contributed by atoms with Gasteiger partial charge in [0.2, 0.25) is 5.76 Å². The van der Waals surface area contributed by atoms with Crippen LogP contribution in [0.3, 0.4) is 0 Å². The highest BCUT2D eigenvalue weighted by atomic mass is 16.4. The quantitative estimate of drug-likeness (QED) is 0.857. The smallest absolute Gasteiger partial charge is 0.372 e. The molecule has 2 heterocycles. The molecule has 0 aromatic carbocycles. The van der Waals surface area contributed by atoms with E-state index in [1.54, 1.807) is 31.5 Å². The molecule has 1 aliphatic rings. The van der Waals surface area contributed by atoms with E-state index in [4.69, 9.17) is 9.52 Å². The van der Waals surface area contributed by atoms with E-state index < -0.39 is 5.97 Å². The maximum absolute atomic E-state index is 12.5. The Morgan fingerprint density at radius 2 is 2.24 bits per heavy atom. The SMILES string of the molecule is Cc1c(C(=O)O)oc2c1C(=O)/C(=C/c1cccnc1)CC2. The number of pyridine rings is 1. The summed E-state index contributed by atoms with van der Waals surface area (Å²) in [4.78, 5) is 27.6. The number of aryl methyl sites for hydroxylation is 1. The van der Waals surface area contributed by atoms with Crippen molar-refractivity contribution in [2.24, 2.45) is 0 Å². The Labute approximate surface area is 120 Å².